The van der Waals surface area contributed by atoms with E-state index in [1.807, 2.05) is 24.3 Å². The number of carbonyl (C=O) groups excluding carboxylic acids is 2. The van der Waals surface area contributed by atoms with Crippen LogP contribution in [0.25, 0.3) is 11.3 Å². The lowest BCUT2D eigenvalue weighted by molar-refractivity contribution is -0.120. The zero-order valence-electron chi connectivity index (χ0n) is 14.8. The molecule has 0 saturated heterocycles. The maximum Gasteiger partial charge on any atom is 0.287 e. The van der Waals surface area contributed by atoms with Gasteiger partial charge in [0, 0.05) is 30.3 Å². The quantitative estimate of drug-likeness (QED) is 0.741. The smallest absolute Gasteiger partial charge is 0.287 e. The average Bonchev–Trinajstić information content (AvgIpc) is 3.17. The van der Waals surface area contributed by atoms with Crippen molar-refractivity contribution in [2.45, 2.75) is 32.1 Å². The van der Waals surface area contributed by atoms with Crippen molar-refractivity contribution in [1.29, 1.82) is 0 Å². The minimum atomic E-state index is -0.280. The maximum absolute atomic E-state index is 12.3. The molecule has 3 rings (SSSR count). The molecule has 1 aromatic heterocycles. The van der Waals surface area contributed by atoms with Crippen LogP contribution >= 0.6 is 0 Å². The topological polar surface area (TPSA) is 97.4 Å². The minimum Gasteiger partial charge on any atom is -0.451 e. The summed E-state index contributed by atoms with van der Waals surface area (Å²) < 4.78 is 5.60. The van der Waals surface area contributed by atoms with Crippen LogP contribution < -0.4 is 16.4 Å². The van der Waals surface area contributed by atoms with Gasteiger partial charge in [0.15, 0.2) is 5.76 Å². The van der Waals surface area contributed by atoms with Crippen molar-refractivity contribution in [3.8, 4) is 11.3 Å². The Kier molecular flexibility index (Phi) is 6.07. The van der Waals surface area contributed by atoms with Crippen molar-refractivity contribution in [1.82, 2.24) is 5.32 Å². The van der Waals surface area contributed by atoms with Gasteiger partial charge < -0.3 is 20.8 Å². The molecule has 0 unspecified atom stereocenters. The van der Waals surface area contributed by atoms with Gasteiger partial charge in [-0.3, -0.25) is 9.59 Å². The highest BCUT2D eigenvalue weighted by molar-refractivity contribution is 5.93. The van der Waals surface area contributed by atoms with Crippen LogP contribution in [0.1, 0.15) is 42.7 Å². The van der Waals surface area contributed by atoms with Crippen LogP contribution in [0.2, 0.25) is 0 Å². The summed E-state index contributed by atoms with van der Waals surface area (Å²) >= 11 is 0. The molecule has 2 aromatic rings. The summed E-state index contributed by atoms with van der Waals surface area (Å²) in [6.45, 7) is 0.789. The zero-order valence-corrected chi connectivity index (χ0v) is 14.8. The lowest BCUT2D eigenvalue weighted by Gasteiger charge is -2.20. The molecule has 6 heteroatoms. The van der Waals surface area contributed by atoms with E-state index in [4.69, 9.17) is 10.2 Å². The van der Waals surface area contributed by atoms with Crippen molar-refractivity contribution >= 4 is 17.5 Å². The molecule has 0 atom stereocenters. The van der Waals surface area contributed by atoms with E-state index in [1.54, 1.807) is 12.1 Å². The number of furan rings is 1. The first-order valence-electron chi connectivity index (χ1n) is 9.17. The third-order valence-corrected chi connectivity index (χ3v) is 4.67. The largest absolute Gasteiger partial charge is 0.451 e. The van der Waals surface area contributed by atoms with E-state index < -0.39 is 0 Å². The van der Waals surface area contributed by atoms with Crippen LogP contribution in [-0.2, 0) is 4.79 Å². The van der Waals surface area contributed by atoms with Crippen molar-refractivity contribution in [2.75, 3.05) is 18.4 Å². The Morgan fingerprint density at radius 1 is 1.04 bits per heavy atom. The van der Waals surface area contributed by atoms with Crippen molar-refractivity contribution < 1.29 is 14.0 Å². The highest BCUT2D eigenvalue weighted by Crippen LogP contribution is 2.26. The Bertz CT molecular complexity index is 746. The third-order valence-electron chi connectivity index (χ3n) is 4.67. The summed E-state index contributed by atoms with van der Waals surface area (Å²) in [5, 5.41) is 5.66. The molecule has 1 saturated carbocycles. The van der Waals surface area contributed by atoms with Crippen LogP contribution in [0.5, 0.6) is 0 Å². The van der Waals surface area contributed by atoms with Crippen LogP contribution in [0, 0.1) is 5.92 Å². The third kappa shape index (κ3) is 4.52. The molecule has 0 aliphatic heterocycles. The van der Waals surface area contributed by atoms with E-state index in [1.165, 1.54) is 6.42 Å². The van der Waals surface area contributed by atoms with Gasteiger partial charge >= 0.3 is 0 Å². The van der Waals surface area contributed by atoms with E-state index in [0.717, 1.165) is 36.9 Å². The summed E-state index contributed by atoms with van der Waals surface area (Å²) in [5.41, 5.74) is 6.99. The molecule has 0 radical (unpaired) electrons. The predicted molar refractivity (Wildman–Crippen MR) is 101 cm³/mol. The Morgan fingerprint density at radius 2 is 1.77 bits per heavy atom. The zero-order chi connectivity index (χ0) is 18.4. The first-order chi connectivity index (χ1) is 12.7. The van der Waals surface area contributed by atoms with Crippen molar-refractivity contribution in [3.63, 3.8) is 0 Å². The fourth-order valence-corrected chi connectivity index (χ4v) is 3.21. The molecule has 138 valence electrons. The van der Waals surface area contributed by atoms with E-state index in [9.17, 15) is 9.59 Å². The number of rotatable bonds is 6. The van der Waals surface area contributed by atoms with Gasteiger partial charge in [-0.05, 0) is 49.2 Å². The first kappa shape index (κ1) is 18.2. The van der Waals surface area contributed by atoms with E-state index in [0.29, 0.717) is 18.8 Å². The van der Waals surface area contributed by atoms with Gasteiger partial charge in [-0.15, -0.1) is 0 Å². The molecule has 1 aliphatic rings. The van der Waals surface area contributed by atoms with Gasteiger partial charge in [-0.2, -0.15) is 0 Å². The van der Waals surface area contributed by atoms with Crippen LogP contribution in [0.3, 0.4) is 0 Å². The van der Waals surface area contributed by atoms with Gasteiger partial charge in [0.25, 0.3) is 5.91 Å². The summed E-state index contributed by atoms with van der Waals surface area (Å²) in [7, 11) is 0. The molecule has 1 heterocycles. The Morgan fingerprint density at radius 3 is 2.46 bits per heavy atom. The molecule has 4 N–H and O–H groups in total. The lowest BCUT2D eigenvalue weighted by Crippen LogP contribution is -2.28. The number of nitrogens with one attached hydrogen (secondary N) is 2. The molecular weight excluding hydrogens is 330 g/mol. The summed E-state index contributed by atoms with van der Waals surface area (Å²) in [6.07, 6.45) is 5.46. The molecule has 1 aliphatic carbocycles. The molecule has 2 amide bonds. The number of amides is 2. The summed E-state index contributed by atoms with van der Waals surface area (Å²) in [5.74, 6) is 0.812. The van der Waals surface area contributed by atoms with Crippen LogP contribution in [0.15, 0.2) is 40.8 Å². The molecule has 1 aromatic carbocycles. The Labute approximate surface area is 153 Å². The second-order valence-corrected chi connectivity index (χ2v) is 6.61. The number of hydrogen-bond acceptors (Lipinski definition) is 4. The fourth-order valence-electron chi connectivity index (χ4n) is 3.21. The highest BCUT2D eigenvalue weighted by atomic mass is 16.3. The molecular formula is C20H25N3O3. The van der Waals surface area contributed by atoms with Crippen molar-refractivity contribution in [2.24, 2.45) is 11.7 Å². The number of carbonyl (C=O) groups is 2. The summed E-state index contributed by atoms with van der Waals surface area (Å²) in [4.78, 5) is 24.2. The van der Waals surface area contributed by atoms with Crippen LogP contribution in [0.4, 0.5) is 5.69 Å². The Hall–Kier alpha value is -2.60. The Balaban J connectivity index is 1.61. The normalized spacial score (nSPS) is 14.8. The van der Waals surface area contributed by atoms with Gasteiger partial charge in [0.1, 0.15) is 5.76 Å². The van der Waals surface area contributed by atoms with Gasteiger partial charge in [0.05, 0.1) is 0 Å². The van der Waals surface area contributed by atoms with E-state index in [2.05, 4.69) is 10.6 Å². The van der Waals surface area contributed by atoms with Gasteiger partial charge in [0.2, 0.25) is 5.91 Å². The van der Waals surface area contributed by atoms with E-state index >= 15 is 0 Å². The molecule has 0 bridgehead atoms. The molecule has 26 heavy (non-hydrogen) atoms. The number of nitrogens with two attached hydrogens (primary N) is 1. The number of hydrogen-bond donors (Lipinski definition) is 3. The van der Waals surface area contributed by atoms with Gasteiger partial charge in [-0.1, -0.05) is 19.3 Å². The second-order valence-electron chi connectivity index (χ2n) is 6.61. The number of benzene rings is 1. The maximum atomic E-state index is 12.3. The fraction of sp³-hybridized carbons (Fsp3) is 0.400. The second kappa shape index (κ2) is 8.67. The molecule has 0 spiro atoms. The molecule has 1 fully saturated rings. The monoisotopic (exact) mass is 355 g/mol. The highest BCUT2D eigenvalue weighted by Gasteiger charge is 2.21. The van der Waals surface area contributed by atoms with Crippen LogP contribution in [-0.4, -0.2) is 24.9 Å². The standard InChI is InChI=1S/C20H25N3O3/c21-12-13-22-20(25)18-11-10-17(26-18)14-6-8-16(9-7-14)23-19(24)15-4-2-1-3-5-15/h6-11,15H,1-5,12-13,21H2,(H,22,25)(H,23,24). The first-order valence-corrected chi connectivity index (χ1v) is 9.17. The minimum absolute atomic E-state index is 0.106. The number of anilines is 1. The van der Waals surface area contributed by atoms with Gasteiger partial charge in [-0.25, -0.2) is 0 Å². The summed E-state index contributed by atoms with van der Waals surface area (Å²) in [6, 6.07) is 10.8. The SMILES string of the molecule is NCCNC(=O)c1ccc(-c2ccc(NC(=O)C3CCCCC3)cc2)o1. The lowest BCUT2D eigenvalue weighted by atomic mass is 9.88. The molecule has 6 nitrogen and oxygen atoms in total. The van der Waals surface area contributed by atoms with Crippen molar-refractivity contribution in [3.05, 3.63) is 42.2 Å². The predicted octanol–water partition coefficient (Wildman–Crippen LogP) is 3.15. The van der Waals surface area contributed by atoms with E-state index in [-0.39, 0.29) is 23.5 Å². The average molecular weight is 355 g/mol.